The van der Waals surface area contributed by atoms with E-state index in [1.807, 2.05) is 36.4 Å². The van der Waals surface area contributed by atoms with E-state index in [-0.39, 0.29) is 28.6 Å². The summed E-state index contributed by atoms with van der Waals surface area (Å²) in [4.78, 5) is 36.2. The van der Waals surface area contributed by atoms with Crippen molar-refractivity contribution in [3.8, 4) is 39.5 Å². The van der Waals surface area contributed by atoms with Crippen molar-refractivity contribution in [2.24, 2.45) is 5.41 Å². The first-order valence-corrected chi connectivity index (χ1v) is 11.7. The molecule has 6 nitrogen and oxygen atoms in total. The van der Waals surface area contributed by atoms with Gasteiger partial charge >= 0.3 is 17.9 Å². The number of ether oxygens (including phenoxy) is 3. The molecular formula is C31H30O6. The Morgan fingerprint density at radius 3 is 1.32 bits per heavy atom. The quantitative estimate of drug-likeness (QED) is 0.200. The summed E-state index contributed by atoms with van der Waals surface area (Å²) in [7, 11) is 0. The molecule has 0 aliphatic carbocycles. The fourth-order valence-electron chi connectivity index (χ4n) is 3.08. The van der Waals surface area contributed by atoms with E-state index in [4.69, 9.17) is 14.2 Å². The maximum absolute atomic E-state index is 12.1. The molecule has 0 amide bonds. The highest BCUT2D eigenvalue weighted by Gasteiger charge is 2.23. The van der Waals surface area contributed by atoms with Gasteiger partial charge in [-0.3, -0.25) is 4.79 Å². The summed E-state index contributed by atoms with van der Waals surface area (Å²) in [6.45, 7) is 15.7. The molecule has 0 aliphatic heterocycles. The van der Waals surface area contributed by atoms with Crippen molar-refractivity contribution in [2.75, 3.05) is 0 Å². The van der Waals surface area contributed by atoms with Crippen molar-refractivity contribution in [1.29, 1.82) is 0 Å². The van der Waals surface area contributed by atoms with Crippen LogP contribution in [0.5, 0.6) is 17.2 Å². The molecule has 37 heavy (non-hydrogen) atoms. The second kappa shape index (κ2) is 11.1. The summed E-state index contributed by atoms with van der Waals surface area (Å²) in [5, 5.41) is 0. The Morgan fingerprint density at radius 2 is 0.946 bits per heavy atom. The number of carbonyl (C=O) groups excluding carboxylic acids is 3. The third kappa shape index (κ3) is 7.27. The van der Waals surface area contributed by atoms with Gasteiger partial charge in [-0.2, -0.15) is 0 Å². The Kier molecular flexibility index (Phi) is 8.13. The van der Waals surface area contributed by atoms with Crippen LogP contribution in [0.2, 0.25) is 0 Å². The highest BCUT2D eigenvalue weighted by Crippen LogP contribution is 2.32. The fourth-order valence-corrected chi connectivity index (χ4v) is 3.08. The van der Waals surface area contributed by atoms with Crippen molar-refractivity contribution < 1.29 is 28.6 Å². The minimum atomic E-state index is -0.586. The van der Waals surface area contributed by atoms with Crippen molar-refractivity contribution >= 4 is 17.9 Å². The Morgan fingerprint density at radius 1 is 0.568 bits per heavy atom. The third-order valence-corrected chi connectivity index (χ3v) is 5.23. The summed E-state index contributed by atoms with van der Waals surface area (Å²) >= 11 is 0. The Hall–Kier alpha value is -4.45. The third-order valence-electron chi connectivity index (χ3n) is 5.23. The van der Waals surface area contributed by atoms with Crippen molar-refractivity contribution in [2.45, 2.75) is 34.6 Å². The van der Waals surface area contributed by atoms with Gasteiger partial charge in [0.1, 0.15) is 17.2 Å². The molecule has 0 aromatic heterocycles. The highest BCUT2D eigenvalue weighted by molar-refractivity contribution is 5.90. The van der Waals surface area contributed by atoms with Crippen LogP contribution in [-0.2, 0) is 14.4 Å². The zero-order valence-electron chi connectivity index (χ0n) is 21.7. The molecule has 0 spiro atoms. The lowest BCUT2D eigenvalue weighted by molar-refractivity contribution is -0.143. The first kappa shape index (κ1) is 27.1. The zero-order chi connectivity index (χ0) is 27.3. The molecule has 3 aromatic rings. The first-order chi connectivity index (χ1) is 17.3. The summed E-state index contributed by atoms with van der Waals surface area (Å²) in [5.74, 6) is -0.533. The van der Waals surface area contributed by atoms with Crippen LogP contribution in [0.25, 0.3) is 22.3 Å². The minimum absolute atomic E-state index is 0.222. The average Bonchev–Trinajstić information content (AvgIpc) is 2.83. The van der Waals surface area contributed by atoms with Crippen LogP contribution in [0, 0.1) is 5.41 Å². The zero-order valence-corrected chi connectivity index (χ0v) is 21.7. The molecule has 0 saturated carbocycles. The summed E-state index contributed by atoms with van der Waals surface area (Å²) < 4.78 is 16.2. The normalized spacial score (nSPS) is 10.8. The average molecular weight is 499 g/mol. The number of carbonyl (C=O) groups is 3. The summed E-state index contributed by atoms with van der Waals surface area (Å²) in [6.07, 6.45) is 0. The topological polar surface area (TPSA) is 78.9 Å². The van der Waals surface area contributed by atoms with Gasteiger partial charge in [0.2, 0.25) is 0 Å². The molecule has 0 N–H and O–H groups in total. The summed E-state index contributed by atoms with van der Waals surface area (Å²) in [5.41, 5.74) is 3.31. The molecule has 190 valence electrons. The van der Waals surface area contributed by atoms with E-state index in [2.05, 4.69) is 13.2 Å². The van der Waals surface area contributed by atoms with Gasteiger partial charge in [-0.25, -0.2) is 9.59 Å². The van der Waals surface area contributed by atoms with Crippen LogP contribution in [0.4, 0.5) is 0 Å². The molecule has 0 bridgehead atoms. The van der Waals surface area contributed by atoms with Gasteiger partial charge in [0.25, 0.3) is 0 Å². The lowest BCUT2D eigenvalue weighted by atomic mass is 9.97. The van der Waals surface area contributed by atoms with E-state index in [1.54, 1.807) is 58.9 Å². The molecule has 0 fully saturated rings. The van der Waals surface area contributed by atoms with Crippen molar-refractivity contribution in [1.82, 2.24) is 0 Å². The van der Waals surface area contributed by atoms with E-state index in [0.717, 1.165) is 16.7 Å². The highest BCUT2D eigenvalue weighted by atomic mass is 16.5. The van der Waals surface area contributed by atoms with Gasteiger partial charge < -0.3 is 14.2 Å². The van der Waals surface area contributed by atoms with Gasteiger partial charge in [0.15, 0.2) is 0 Å². The predicted octanol–water partition coefficient (Wildman–Crippen LogP) is 6.94. The second-order valence-electron chi connectivity index (χ2n) is 9.77. The molecular weight excluding hydrogens is 468 g/mol. The SMILES string of the molecule is C=C(C)C(=O)Oc1cc(OC(=O)C(=C)C)cc(-c2ccc(-c3ccc(OC(=O)C(C)(C)C)cc3)cc2)c1. The lowest BCUT2D eigenvalue weighted by Gasteiger charge is -2.16. The lowest BCUT2D eigenvalue weighted by Crippen LogP contribution is -2.25. The number of esters is 3. The fraction of sp³-hybridized carbons (Fsp3) is 0.194. The van der Waals surface area contributed by atoms with Crippen LogP contribution in [0.1, 0.15) is 34.6 Å². The minimum Gasteiger partial charge on any atom is -0.426 e. The molecule has 0 saturated heterocycles. The van der Waals surface area contributed by atoms with Gasteiger partial charge in [0.05, 0.1) is 5.41 Å². The summed E-state index contributed by atoms with van der Waals surface area (Å²) in [6, 6.07) is 19.8. The van der Waals surface area contributed by atoms with Crippen LogP contribution in [0.15, 0.2) is 91.0 Å². The molecule has 3 rings (SSSR count). The number of hydrogen-bond acceptors (Lipinski definition) is 6. The Labute approximate surface area is 217 Å². The van der Waals surface area contributed by atoms with Crippen LogP contribution in [-0.4, -0.2) is 17.9 Å². The van der Waals surface area contributed by atoms with Crippen LogP contribution < -0.4 is 14.2 Å². The monoisotopic (exact) mass is 498 g/mol. The molecule has 0 radical (unpaired) electrons. The van der Waals surface area contributed by atoms with Crippen molar-refractivity contribution in [3.63, 3.8) is 0 Å². The van der Waals surface area contributed by atoms with Crippen molar-refractivity contribution in [3.05, 3.63) is 91.0 Å². The smallest absolute Gasteiger partial charge is 0.338 e. The number of benzene rings is 3. The number of hydrogen-bond donors (Lipinski definition) is 0. The molecule has 0 unspecified atom stereocenters. The molecule has 0 heterocycles. The standard InChI is InChI=1S/C31H30O6/c1-19(2)28(32)35-26-16-24(17-27(18-26)36-29(33)20(3)4)23-10-8-21(9-11-23)22-12-14-25(15-13-22)37-30(34)31(5,6)7/h8-18H,1,3H2,2,4-7H3. The molecule has 0 aliphatic rings. The van der Waals surface area contributed by atoms with Crippen LogP contribution >= 0.6 is 0 Å². The molecule has 0 atom stereocenters. The van der Waals surface area contributed by atoms with E-state index >= 15 is 0 Å². The van der Waals surface area contributed by atoms with Gasteiger partial charge in [0, 0.05) is 17.2 Å². The maximum Gasteiger partial charge on any atom is 0.338 e. The van der Waals surface area contributed by atoms with Gasteiger partial charge in [-0.05, 0) is 81.1 Å². The largest absolute Gasteiger partial charge is 0.426 e. The van der Waals surface area contributed by atoms with Gasteiger partial charge in [-0.1, -0.05) is 49.6 Å². The Balaban J connectivity index is 1.87. The van der Waals surface area contributed by atoms with Gasteiger partial charge in [-0.15, -0.1) is 0 Å². The predicted molar refractivity (Wildman–Crippen MR) is 143 cm³/mol. The van der Waals surface area contributed by atoms with E-state index < -0.39 is 17.4 Å². The Bertz CT molecular complexity index is 1310. The molecule has 6 heteroatoms. The van der Waals surface area contributed by atoms with Crippen LogP contribution in [0.3, 0.4) is 0 Å². The second-order valence-corrected chi connectivity index (χ2v) is 9.77. The van der Waals surface area contributed by atoms with E-state index in [0.29, 0.717) is 11.3 Å². The maximum atomic E-state index is 12.1. The van der Waals surface area contributed by atoms with E-state index in [1.165, 1.54) is 6.07 Å². The number of rotatable bonds is 7. The molecule has 3 aromatic carbocycles. The van der Waals surface area contributed by atoms with E-state index in [9.17, 15) is 14.4 Å². The first-order valence-electron chi connectivity index (χ1n) is 11.7.